The van der Waals surface area contributed by atoms with Gasteiger partial charge in [0.2, 0.25) is 0 Å². The van der Waals surface area contributed by atoms with E-state index in [1.54, 1.807) is 0 Å². The van der Waals surface area contributed by atoms with E-state index in [4.69, 9.17) is 0 Å². The van der Waals surface area contributed by atoms with Crippen LogP contribution in [-0.2, 0) is 21.9 Å². The van der Waals surface area contributed by atoms with Gasteiger partial charge in [0, 0.05) is 5.97 Å². The minimum Gasteiger partial charge on any atom is -0.550 e. The summed E-state index contributed by atoms with van der Waals surface area (Å²) in [6.45, 7) is 2.27. The Morgan fingerprint density at radius 2 is 0.905 bits per heavy atom. The summed E-state index contributed by atoms with van der Waals surface area (Å²) in [5.41, 5.74) is 0. The maximum atomic E-state index is 10.2. The number of hydrogen-bond acceptors (Lipinski definition) is 2. The average molecular weight is 339 g/mol. The van der Waals surface area contributed by atoms with Gasteiger partial charge in [0.1, 0.15) is 0 Å². The van der Waals surface area contributed by atoms with E-state index in [2.05, 4.69) is 6.92 Å². The molecule has 0 saturated carbocycles. The molecule has 0 bridgehead atoms. The smallest absolute Gasteiger partial charge is 0.550 e. The number of aliphatic carboxylic acids is 1. The van der Waals surface area contributed by atoms with Crippen molar-refractivity contribution in [2.24, 2.45) is 0 Å². The van der Waals surface area contributed by atoms with Crippen molar-refractivity contribution in [2.45, 2.75) is 110 Å². The summed E-state index contributed by atoms with van der Waals surface area (Å²) in [7, 11) is 0. The number of carbonyl (C=O) groups excluding carboxylic acids is 1. The second kappa shape index (κ2) is 20.0. The molecule has 0 amide bonds. The van der Waals surface area contributed by atoms with Crippen molar-refractivity contribution in [3.8, 4) is 0 Å². The van der Waals surface area contributed by atoms with Crippen LogP contribution in [0.25, 0.3) is 0 Å². The number of unbranched alkanes of at least 4 members (excludes halogenated alkanes) is 14. The van der Waals surface area contributed by atoms with Crippen molar-refractivity contribution < 1.29 is 27.0 Å². The van der Waals surface area contributed by atoms with Gasteiger partial charge in [-0.15, -0.1) is 0 Å². The molecule has 0 atom stereocenters. The Balaban J connectivity index is 0. The molecule has 0 fully saturated rings. The third-order valence-electron chi connectivity index (χ3n) is 3.98. The fraction of sp³-hybridized carbons (Fsp3) is 0.944. The van der Waals surface area contributed by atoms with E-state index in [0.29, 0.717) is 0 Å². The van der Waals surface area contributed by atoms with E-state index >= 15 is 0 Å². The fourth-order valence-electron chi connectivity index (χ4n) is 2.64. The van der Waals surface area contributed by atoms with E-state index < -0.39 is 5.97 Å². The molecule has 0 aliphatic heterocycles. The molecule has 0 aromatic rings. The van der Waals surface area contributed by atoms with Crippen molar-refractivity contribution in [2.75, 3.05) is 0 Å². The van der Waals surface area contributed by atoms with Gasteiger partial charge in [0.25, 0.3) is 0 Å². The average Bonchev–Trinajstić information content (AvgIpc) is 2.43. The summed E-state index contributed by atoms with van der Waals surface area (Å²) in [5.74, 6) is -0.903. The quantitative estimate of drug-likeness (QED) is 0.293. The zero-order valence-corrected chi connectivity index (χ0v) is 15.1. The number of rotatable bonds is 16. The summed E-state index contributed by atoms with van der Waals surface area (Å²) < 4.78 is 0. The molecule has 0 N–H and O–H groups in total. The zero-order chi connectivity index (χ0) is 14.9. The number of carboxylic acids is 1. The van der Waals surface area contributed by atoms with Crippen LogP contribution in [-0.4, -0.2) is 5.97 Å². The van der Waals surface area contributed by atoms with E-state index in [1.807, 2.05) is 0 Å². The van der Waals surface area contributed by atoms with Crippen molar-refractivity contribution in [1.82, 2.24) is 0 Å². The molecule has 0 aliphatic carbocycles. The second-order valence-electron chi connectivity index (χ2n) is 6.07. The van der Waals surface area contributed by atoms with Gasteiger partial charge in [0.15, 0.2) is 0 Å². The maximum absolute atomic E-state index is 10.2. The Morgan fingerprint density at radius 1 is 0.619 bits per heavy atom. The molecule has 0 rings (SSSR count). The Labute approximate surface area is 142 Å². The topological polar surface area (TPSA) is 40.1 Å². The fourth-order valence-corrected chi connectivity index (χ4v) is 2.64. The zero-order valence-electron chi connectivity index (χ0n) is 14.0. The SMILES string of the molecule is CCCCCCCCCCCCCCCCCC(=O)[O-].[Fe+2]. The molecular formula is C18H35FeO2+. The van der Waals surface area contributed by atoms with E-state index in [1.165, 1.54) is 83.5 Å². The molecule has 126 valence electrons. The van der Waals surface area contributed by atoms with Crippen LogP contribution in [0, 0.1) is 0 Å². The Morgan fingerprint density at radius 3 is 1.19 bits per heavy atom. The van der Waals surface area contributed by atoms with Gasteiger partial charge in [-0.2, -0.15) is 0 Å². The third-order valence-corrected chi connectivity index (χ3v) is 3.98. The van der Waals surface area contributed by atoms with Crippen LogP contribution in [0.5, 0.6) is 0 Å². The van der Waals surface area contributed by atoms with Gasteiger partial charge >= 0.3 is 17.1 Å². The minimum absolute atomic E-state index is 0. The van der Waals surface area contributed by atoms with Gasteiger partial charge in [-0.3, -0.25) is 0 Å². The summed E-state index contributed by atoms with van der Waals surface area (Å²) >= 11 is 0. The molecule has 0 aliphatic rings. The van der Waals surface area contributed by atoms with Crippen molar-refractivity contribution in [1.29, 1.82) is 0 Å². The Bertz CT molecular complexity index is 207. The molecule has 0 unspecified atom stereocenters. The van der Waals surface area contributed by atoms with E-state index in [0.717, 1.165) is 12.8 Å². The van der Waals surface area contributed by atoms with E-state index in [9.17, 15) is 9.90 Å². The van der Waals surface area contributed by atoms with Crippen LogP contribution < -0.4 is 5.11 Å². The summed E-state index contributed by atoms with van der Waals surface area (Å²) in [6, 6.07) is 0. The first-order valence-electron chi connectivity index (χ1n) is 8.97. The number of carbonyl (C=O) groups is 1. The molecule has 0 spiro atoms. The van der Waals surface area contributed by atoms with Crippen molar-refractivity contribution >= 4 is 5.97 Å². The Hall–Kier alpha value is -0.0105. The molecule has 2 nitrogen and oxygen atoms in total. The molecule has 0 heterocycles. The van der Waals surface area contributed by atoms with Crippen molar-refractivity contribution in [3.05, 3.63) is 0 Å². The predicted octanol–water partition coefficient (Wildman–Crippen LogP) is 5.00. The number of hydrogen-bond donors (Lipinski definition) is 0. The molecular weight excluding hydrogens is 304 g/mol. The molecule has 3 heteroatoms. The van der Waals surface area contributed by atoms with Gasteiger partial charge in [-0.1, -0.05) is 96.8 Å². The van der Waals surface area contributed by atoms with Gasteiger partial charge in [0.05, 0.1) is 0 Å². The normalized spacial score (nSPS) is 10.3. The summed E-state index contributed by atoms with van der Waals surface area (Å²) in [4.78, 5) is 10.2. The van der Waals surface area contributed by atoms with Crippen LogP contribution in [0.4, 0.5) is 0 Å². The first kappa shape index (κ1) is 23.3. The van der Waals surface area contributed by atoms with Crippen LogP contribution in [0.15, 0.2) is 0 Å². The third kappa shape index (κ3) is 22.4. The molecule has 0 aromatic heterocycles. The minimum atomic E-state index is -0.903. The predicted molar refractivity (Wildman–Crippen MR) is 84.6 cm³/mol. The van der Waals surface area contributed by atoms with Gasteiger partial charge in [-0.25, -0.2) is 0 Å². The van der Waals surface area contributed by atoms with E-state index in [-0.39, 0.29) is 23.5 Å². The standard InChI is InChI=1S/C18H36O2.Fe/c1-2-3-4-5-6-7-8-9-10-11-12-13-14-15-16-17-18(19)20;/h2-17H2,1H3,(H,19,20);/q;+2/p-1. The van der Waals surface area contributed by atoms with Crippen LogP contribution in [0.1, 0.15) is 110 Å². The van der Waals surface area contributed by atoms with Crippen molar-refractivity contribution in [3.63, 3.8) is 0 Å². The van der Waals surface area contributed by atoms with Crippen LogP contribution >= 0.6 is 0 Å². The second-order valence-corrected chi connectivity index (χ2v) is 6.07. The van der Waals surface area contributed by atoms with Crippen LogP contribution in [0.2, 0.25) is 0 Å². The monoisotopic (exact) mass is 339 g/mol. The van der Waals surface area contributed by atoms with Gasteiger partial charge in [-0.05, 0) is 12.8 Å². The van der Waals surface area contributed by atoms with Gasteiger partial charge < -0.3 is 9.90 Å². The first-order chi connectivity index (χ1) is 9.77. The number of carboxylic acid groups (broad SMARTS) is 1. The largest absolute Gasteiger partial charge is 2.00 e. The summed E-state index contributed by atoms with van der Waals surface area (Å²) in [5, 5.41) is 10.2. The first-order valence-corrected chi connectivity index (χ1v) is 8.97. The molecule has 0 aromatic carbocycles. The van der Waals surface area contributed by atoms with Crippen LogP contribution in [0.3, 0.4) is 0 Å². The Kier molecular flexibility index (Phi) is 22.1. The maximum Gasteiger partial charge on any atom is 2.00 e. The molecule has 0 saturated heterocycles. The molecule has 21 heavy (non-hydrogen) atoms. The molecule has 0 radical (unpaired) electrons. The summed E-state index contributed by atoms with van der Waals surface area (Å²) in [6.07, 6.45) is 19.9.